The first-order chi connectivity index (χ1) is 15.8. The number of aryl methyl sites for hydroxylation is 2. The van der Waals surface area contributed by atoms with Gasteiger partial charge in [-0.1, -0.05) is 32.0 Å². The number of hydroxylamine groups is 1. The van der Waals surface area contributed by atoms with Gasteiger partial charge in [0.15, 0.2) is 0 Å². The van der Waals surface area contributed by atoms with Crippen LogP contribution in [0.1, 0.15) is 66.7 Å². The lowest BCUT2D eigenvalue weighted by Gasteiger charge is -2.30. The summed E-state index contributed by atoms with van der Waals surface area (Å²) in [5, 5.41) is 25.7. The van der Waals surface area contributed by atoms with Crippen molar-refractivity contribution < 1.29 is 24.6 Å². The molecule has 0 saturated carbocycles. The number of carbonyl (C=O) groups excluding carboxylic acids is 2. The fourth-order valence-electron chi connectivity index (χ4n) is 5.09. The molecule has 0 radical (unpaired) electrons. The van der Waals surface area contributed by atoms with E-state index >= 15 is 0 Å². The molecule has 2 aromatic carbocycles. The van der Waals surface area contributed by atoms with E-state index in [-0.39, 0.29) is 23.9 Å². The number of benzene rings is 2. The van der Waals surface area contributed by atoms with E-state index in [0.29, 0.717) is 24.1 Å². The van der Waals surface area contributed by atoms with E-state index in [9.17, 15) is 19.8 Å². The average Bonchev–Trinajstić information content (AvgIpc) is 3.19. The molecular formula is C26H32N2O5. The summed E-state index contributed by atoms with van der Waals surface area (Å²) in [5.41, 5.74) is 6.99. The Bertz CT molecular complexity index is 1050. The zero-order chi connectivity index (χ0) is 23.7. The topological polar surface area (TPSA) is 99.1 Å². The molecule has 0 saturated heterocycles. The van der Waals surface area contributed by atoms with Crippen molar-refractivity contribution in [2.45, 2.75) is 71.4 Å². The fraction of sp³-hybridized carbons (Fsp3) is 0.462. The predicted octanol–water partition coefficient (Wildman–Crippen LogP) is 3.06. The molecule has 1 unspecified atom stereocenters. The van der Waals surface area contributed by atoms with Gasteiger partial charge in [0.2, 0.25) is 0 Å². The van der Waals surface area contributed by atoms with Crippen LogP contribution in [0.2, 0.25) is 0 Å². The number of amides is 1. The van der Waals surface area contributed by atoms with Crippen molar-refractivity contribution in [1.29, 1.82) is 0 Å². The van der Waals surface area contributed by atoms with Gasteiger partial charge in [0, 0.05) is 25.9 Å². The Kier molecular flexibility index (Phi) is 6.72. The number of hydrogen-bond donors (Lipinski definition) is 3. The van der Waals surface area contributed by atoms with Crippen molar-refractivity contribution in [3.05, 3.63) is 57.6 Å². The fourth-order valence-corrected chi connectivity index (χ4v) is 5.09. The molecule has 0 aromatic heterocycles. The maximum atomic E-state index is 12.3. The second-order valence-corrected chi connectivity index (χ2v) is 8.90. The van der Waals surface area contributed by atoms with Crippen LogP contribution < -0.4 is 10.4 Å². The molecule has 1 aliphatic carbocycles. The number of hydrogen-bond acceptors (Lipinski definition) is 6. The number of phenolic OH excluding ortho intramolecular Hbond substituents is 1. The van der Waals surface area contributed by atoms with Gasteiger partial charge in [-0.05, 0) is 71.6 Å². The van der Waals surface area contributed by atoms with Crippen molar-refractivity contribution >= 4 is 17.6 Å². The smallest absolute Gasteiger partial charge is 0.330 e. The first kappa shape index (κ1) is 23.3. The van der Waals surface area contributed by atoms with Gasteiger partial charge in [-0.3, -0.25) is 4.79 Å². The molecular weight excluding hydrogens is 420 g/mol. The second kappa shape index (κ2) is 9.53. The highest BCUT2D eigenvalue weighted by atomic mass is 16.7. The van der Waals surface area contributed by atoms with E-state index in [1.165, 1.54) is 35.2 Å². The number of fused-ring (bicyclic) bond motifs is 2. The number of aliphatic hydroxyl groups excluding tert-OH is 1. The molecule has 0 spiro atoms. The number of anilines is 1. The molecule has 7 heteroatoms. The Morgan fingerprint density at radius 2 is 1.79 bits per heavy atom. The molecule has 1 heterocycles. The molecule has 33 heavy (non-hydrogen) atoms. The minimum atomic E-state index is -0.826. The Morgan fingerprint density at radius 1 is 1.15 bits per heavy atom. The van der Waals surface area contributed by atoms with Crippen LogP contribution in [0.25, 0.3) is 0 Å². The predicted molar refractivity (Wildman–Crippen MR) is 125 cm³/mol. The lowest BCUT2D eigenvalue weighted by Crippen LogP contribution is -2.38. The van der Waals surface area contributed by atoms with Gasteiger partial charge >= 0.3 is 5.97 Å². The number of phenols is 1. The maximum absolute atomic E-state index is 12.3. The Hall–Kier alpha value is -2.90. The van der Waals surface area contributed by atoms with Crippen molar-refractivity contribution in [2.75, 3.05) is 11.6 Å². The van der Waals surface area contributed by atoms with Gasteiger partial charge in [-0.2, -0.15) is 0 Å². The van der Waals surface area contributed by atoms with Gasteiger partial charge in [0.25, 0.3) is 5.91 Å². The first-order valence-corrected chi connectivity index (χ1v) is 11.7. The van der Waals surface area contributed by atoms with Crippen LogP contribution in [-0.4, -0.2) is 34.7 Å². The number of aromatic hydroxyl groups is 1. The molecule has 0 fully saturated rings. The third-order valence-corrected chi connectivity index (χ3v) is 6.71. The number of carbonyl (C=O) groups is 2. The Labute approximate surface area is 194 Å². The summed E-state index contributed by atoms with van der Waals surface area (Å²) in [7, 11) is 0. The number of aliphatic hydroxyl groups is 1. The van der Waals surface area contributed by atoms with Gasteiger partial charge in [-0.15, -0.1) is 5.06 Å². The zero-order valence-electron chi connectivity index (χ0n) is 19.5. The molecule has 1 amide bonds. The van der Waals surface area contributed by atoms with Crippen LogP contribution >= 0.6 is 0 Å². The third kappa shape index (κ3) is 4.61. The first-order valence-electron chi connectivity index (χ1n) is 11.7. The lowest BCUT2D eigenvalue weighted by atomic mass is 9.93. The summed E-state index contributed by atoms with van der Waals surface area (Å²) in [6, 6.07) is 8.02. The van der Waals surface area contributed by atoms with Gasteiger partial charge < -0.3 is 20.4 Å². The molecule has 1 atom stereocenters. The number of rotatable bonds is 7. The van der Waals surface area contributed by atoms with Crippen LogP contribution in [-0.2, 0) is 46.5 Å². The van der Waals surface area contributed by atoms with Crippen molar-refractivity contribution in [3.63, 3.8) is 0 Å². The SMILES string of the molecule is CCc1cc2c(cc1CC)CC(NCC(O)c1ccc(O)c3c1CCC(=O)N3OC(C)=O)C2. The Balaban J connectivity index is 1.49. The van der Waals surface area contributed by atoms with Crippen LogP contribution in [0.5, 0.6) is 5.75 Å². The summed E-state index contributed by atoms with van der Waals surface area (Å²) in [6.07, 6.45) is 3.60. The summed E-state index contributed by atoms with van der Waals surface area (Å²) in [5.74, 6) is -1.21. The van der Waals surface area contributed by atoms with Gasteiger partial charge in [-0.25, -0.2) is 4.79 Å². The quantitative estimate of drug-likeness (QED) is 0.597. The highest BCUT2D eigenvalue weighted by Gasteiger charge is 2.33. The Morgan fingerprint density at radius 3 is 2.36 bits per heavy atom. The molecule has 0 bridgehead atoms. The summed E-state index contributed by atoms with van der Waals surface area (Å²) in [4.78, 5) is 28.8. The largest absolute Gasteiger partial charge is 0.506 e. The summed E-state index contributed by atoms with van der Waals surface area (Å²) >= 11 is 0. The average molecular weight is 453 g/mol. The number of nitrogens with one attached hydrogen (secondary N) is 1. The van der Waals surface area contributed by atoms with E-state index in [2.05, 4.69) is 31.3 Å². The van der Waals surface area contributed by atoms with Crippen LogP contribution in [0.15, 0.2) is 24.3 Å². The molecule has 4 rings (SSSR count). The van der Waals surface area contributed by atoms with E-state index in [1.54, 1.807) is 6.07 Å². The van der Waals surface area contributed by atoms with E-state index in [4.69, 9.17) is 4.84 Å². The molecule has 176 valence electrons. The third-order valence-electron chi connectivity index (χ3n) is 6.71. The minimum Gasteiger partial charge on any atom is -0.506 e. The van der Waals surface area contributed by atoms with Gasteiger partial charge in [0.1, 0.15) is 11.4 Å². The monoisotopic (exact) mass is 452 g/mol. The molecule has 1 aliphatic heterocycles. The molecule has 2 aliphatic rings. The molecule has 2 aromatic rings. The second-order valence-electron chi connectivity index (χ2n) is 8.90. The summed E-state index contributed by atoms with van der Waals surface area (Å²) in [6.45, 7) is 5.93. The van der Waals surface area contributed by atoms with Gasteiger partial charge in [0.05, 0.1) is 6.10 Å². The molecule has 3 N–H and O–H groups in total. The van der Waals surface area contributed by atoms with Crippen LogP contribution in [0, 0.1) is 0 Å². The van der Waals surface area contributed by atoms with E-state index in [1.807, 2.05) is 0 Å². The van der Waals surface area contributed by atoms with Crippen LogP contribution in [0.3, 0.4) is 0 Å². The highest BCUT2D eigenvalue weighted by Crippen LogP contribution is 2.40. The minimum absolute atomic E-state index is 0.133. The maximum Gasteiger partial charge on any atom is 0.330 e. The van der Waals surface area contributed by atoms with Crippen molar-refractivity contribution in [3.8, 4) is 5.75 Å². The summed E-state index contributed by atoms with van der Waals surface area (Å²) < 4.78 is 0. The molecule has 7 nitrogen and oxygen atoms in total. The van der Waals surface area contributed by atoms with E-state index in [0.717, 1.165) is 30.7 Å². The van der Waals surface area contributed by atoms with Crippen molar-refractivity contribution in [1.82, 2.24) is 5.32 Å². The lowest BCUT2D eigenvalue weighted by molar-refractivity contribution is -0.148. The van der Waals surface area contributed by atoms with E-state index < -0.39 is 18.0 Å². The number of nitrogens with zero attached hydrogens (tertiary/aromatic N) is 1. The van der Waals surface area contributed by atoms with Crippen molar-refractivity contribution in [2.24, 2.45) is 0 Å². The zero-order valence-corrected chi connectivity index (χ0v) is 19.5. The standard InChI is InChI=1S/C26H32N2O5/c1-4-16-10-18-12-20(13-19(18)11-17(16)5-2)27-14-24(31)21-6-8-23(30)26-22(21)7-9-25(32)28(26)33-15(3)29/h6,8,10-11,20,24,27,30-31H,4-5,7,9,12-14H2,1-3H3. The highest BCUT2D eigenvalue weighted by molar-refractivity contribution is 5.98. The normalized spacial score (nSPS) is 16.5. The van der Waals surface area contributed by atoms with Crippen LogP contribution in [0.4, 0.5) is 5.69 Å².